The van der Waals surface area contributed by atoms with E-state index in [4.69, 9.17) is 4.52 Å². The summed E-state index contributed by atoms with van der Waals surface area (Å²) in [6, 6.07) is 7.14. The average molecular weight is 430 g/mol. The number of aryl methyl sites for hydroxylation is 1. The van der Waals surface area contributed by atoms with Crippen LogP contribution in [0.2, 0.25) is 0 Å². The number of amides is 2. The molecule has 0 unspecified atom stereocenters. The Balaban J connectivity index is 1.37. The standard InChI is InChI=1S/C21H27N5O3S/c1-15-23-20(25-29-15)21(7-2-3-8-21)22-14-18(27)24-17-6-4-5-16(13-17)19(28)26-9-11-30-12-10-26/h4-6,13,22H,2-3,7-12,14H2,1H3,(H,24,27). The van der Waals surface area contributed by atoms with E-state index in [0.29, 0.717) is 23.0 Å². The molecular weight excluding hydrogens is 402 g/mol. The van der Waals surface area contributed by atoms with Gasteiger partial charge in [0.1, 0.15) is 0 Å². The molecule has 0 atom stereocenters. The number of rotatable bonds is 6. The lowest BCUT2D eigenvalue weighted by molar-refractivity contribution is -0.115. The molecule has 1 aromatic carbocycles. The fraction of sp³-hybridized carbons (Fsp3) is 0.524. The number of benzene rings is 1. The predicted molar refractivity (Wildman–Crippen MR) is 115 cm³/mol. The fourth-order valence-corrected chi connectivity index (χ4v) is 4.99. The van der Waals surface area contributed by atoms with Gasteiger partial charge in [0.15, 0.2) is 5.82 Å². The Morgan fingerprint density at radius 1 is 1.23 bits per heavy atom. The van der Waals surface area contributed by atoms with Gasteiger partial charge in [-0.2, -0.15) is 16.7 Å². The van der Waals surface area contributed by atoms with Gasteiger partial charge < -0.3 is 14.7 Å². The van der Waals surface area contributed by atoms with Crippen molar-refractivity contribution in [1.82, 2.24) is 20.4 Å². The lowest BCUT2D eigenvalue weighted by Gasteiger charge is -2.27. The molecule has 2 amide bonds. The number of anilines is 1. The number of carbonyl (C=O) groups excluding carboxylic acids is 2. The van der Waals surface area contributed by atoms with Gasteiger partial charge in [-0.25, -0.2) is 0 Å². The zero-order valence-electron chi connectivity index (χ0n) is 17.1. The van der Waals surface area contributed by atoms with Crippen molar-refractivity contribution >= 4 is 29.3 Å². The summed E-state index contributed by atoms with van der Waals surface area (Å²) in [5.41, 5.74) is 0.802. The van der Waals surface area contributed by atoms with Gasteiger partial charge in [-0.1, -0.05) is 24.1 Å². The predicted octanol–water partition coefficient (Wildman–Crippen LogP) is 2.56. The van der Waals surface area contributed by atoms with Crippen molar-refractivity contribution < 1.29 is 14.1 Å². The topological polar surface area (TPSA) is 100 Å². The van der Waals surface area contributed by atoms with E-state index in [2.05, 4.69) is 20.8 Å². The van der Waals surface area contributed by atoms with Crippen LogP contribution in [0.3, 0.4) is 0 Å². The molecule has 1 saturated heterocycles. The van der Waals surface area contributed by atoms with Crippen LogP contribution in [-0.2, 0) is 10.3 Å². The zero-order chi connectivity index (χ0) is 21.0. The normalized spacial score (nSPS) is 18.4. The number of aromatic nitrogens is 2. The third-order valence-electron chi connectivity index (χ3n) is 5.69. The smallest absolute Gasteiger partial charge is 0.253 e. The Kier molecular flexibility index (Phi) is 6.38. The van der Waals surface area contributed by atoms with Crippen molar-refractivity contribution in [1.29, 1.82) is 0 Å². The van der Waals surface area contributed by atoms with E-state index < -0.39 is 5.54 Å². The minimum absolute atomic E-state index is 0.0157. The highest BCUT2D eigenvalue weighted by molar-refractivity contribution is 7.99. The monoisotopic (exact) mass is 429 g/mol. The Hall–Kier alpha value is -2.39. The second-order valence-electron chi connectivity index (χ2n) is 7.81. The number of thioether (sulfide) groups is 1. The van der Waals surface area contributed by atoms with E-state index in [1.54, 1.807) is 31.2 Å². The van der Waals surface area contributed by atoms with Gasteiger partial charge in [0.25, 0.3) is 5.91 Å². The van der Waals surface area contributed by atoms with Crippen molar-refractivity contribution in [3.05, 3.63) is 41.5 Å². The van der Waals surface area contributed by atoms with E-state index in [1.807, 2.05) is 16.7 Å². The van der Waals surface area contributed by atoms with Crippen LogP contribution >= 0.6 is 11.8 Å². The number of hydrogen-bond donors (Lipinski definition) is 2. The molecule has 1 saturated carbocycles. The molecule has 30 heavy (non-hydrogen) atoms. The molecule has 2 aromatic rings. The number of nitrogens with zero attached hydrogens (tertiary/aromatic N) is 3. The Labute approximate surface area is 180 Å². The Morgan fingerprint density at radius 3 is 2.70 bits per heavy atom. The van der Waals surface area contributed by atoms with Crippen molar-refractivity contribution in [3.63, 3.8) is 0 Å². The quantitative estimate of drug-likeness (QED) is 0.728. The molecule has 4 rings (SSSR count). The molecule has 2 heterocycles. The van der Waals surface area contributed by atoms with Crippen molar-refractivity contribution in [2.75, 3.05) is 36.5 Å². The molecule has 0 radical (unpaired) electrons. The molecule has 1 aliphatic carbocycles. The summed E-state index contributed by atoms with van der Waals surface area (Å²) in [5.74, 6) is 2.93. The van der Waals surface area contributed by atoms with Crippen LogP contribution in [0.5, 0.6) is 0 Å². The maximum absolute atomic E-state index is 12.7. The lowest BCUT2D eigenvalue weighted by Crippen LogP contribution is -2.44. The maximum atomic E-state index is 12.7. The van der Waals surface area contributed by atoms with Gasteiger partial charge in [0.2, 0.25) is 11.8 Å². The summed E-state index contributed by atoms with van der Waals surface area (Å²) in [6.45, 7) is 3.43. The third-order valence-corrected chi connectivity index (χ3v) is 6.63. The molecule has 9 heteroatoms. The van der Waals surface area contributed by atoms with Crippen molar-refractivity contribution in [2.45, 2.75) is 38.1 Å². The summed E-state index contributed by atoms with van der Waals surface area (Å²) >= 11 is 1.87. The van der Waals surface area contributed by atoms with E-state index in [-0.39, 0.29) is 18.4 Å². The van der Waals surface area contributed by atoms with E-state index in [1.165, 1.54) is 0 Å². The minimum atomic E-state index is -0.417. The van der Waals surface area contributed by atoms with Crippen LogP contribution in [0, 0.1) is 6.92 Å². The summed E-state index contributed by atoms with van der Waals surface area (Å²) in [7, 11) is 0. The molecule has 2 aliphatic rings. The molecule has 0 spiro atoms. The first-order valence-electron chi connectivity index (χ1n) is 10.4. The number of nitrogens with one attached hydrogen (secondary N) is 2. The SMILES string of the molecule is Cc1nc(C2(NCC(=O)Nc3cccc(C(=O)N4CCSCC4)c3)CCCC2)no1. The lowest BCUT2D eigenvalue weighted by atomic mass is 9.96. The number of hydrogen-bond acceptors (Lipinski definition) is 7. The molecule has 2 fully saturated rings. The molecular formula is C21H27N5O3S. The molecule has 8 nitrogen and oxygen atoms in total. The highest BCUT2D eigenvalue weighted by atomic mass is 32.2. The van der Waals surface area contributed by atoms with Gasteiger partial charge in [0, 0.05) is 42.8 Å². The van der Waals surface area contributed by atoms with E-state index >= 15 is 0 Å². The van der Waals surface area contributed by atoms with Gasteiger partial charge in [0.05, 0.1) is 12.1 Å². The second-order valence-corrected chi connectivity index (χ2v) is 9.04. The summed E-state index contributed by atoms with van der Waals surface area (Å²) in [5, 5.41) is 10.3. The van der Waals surface area contributed by atoms with Crippen LogP contribution < -0.4 is 10.6 Å². The molecule has 0 bridgehead atoms. The maximum Gasteiger partial charge on any atom is 0.253 e. The van der Waals surface area contributed by atoms with Gasteiger partial charge in [-0.15, -0.1) is 0 Å². The third kappa shape index (κ3) is 4.67. The first-order chi connectivity index (χ1) is 14.6. The number of carbonyl (C=O) groups is 2. The molecule has 160 valence electrons. The van der Waals surface area contributed by atoms with Crippen LogP contribution in [0.1, 0.15) is 47.8 Å². The van der Waals surface area contributed by atoms with Crippen LogP contribution in [-0.4, -0.2) is 58.0 Å². The minimum Gasteiger partial charge on any atom is -0.340 e. The summed E-state index contributed by atoms with van der Waals surface area (Å²) < 4.78 is 5.15. The van der Waals surface area contributed by atoms with Crippen LogP contribution in [0.25, 0.3) is 0 Å². The van der Waals surface area contributed by atoms with E-state index in [9.17, 15) is 9.59 Å². The first kappa shape index (κ1) is 20.9. The highest BCUT2D eigenvalue weighted by Crippen LogP contribution is 2.37. The molecule has 1 aromatic heterocycles. The zero-order valence-corrected chi connectivity index (χ0v) is 18.0. The van der Waals surface area contributed by atoms with Crippen molar-refractivity contribution in [2.24, 2.45) is 0 Å². The first-order valence-corrected chi connectivity index (χ1v) is 11.5. The van der Waals surface area contributed by atoms with Gasteiger partial charge >= 0.3 is 0 Å². The summed E-state index contributed by atoms with van der Waals surface area (Å²) in [6.07, 6.45) is 3.86. The Morgan fingerprint density at radius 2 is 2.00 bits per heavy atom. The van der Waals surface area contributed by atoms with Crippen LogP contribution in [0.4, 0.5) is 5.69 Å². The fourth-order valence-electron chi connectivity index (χ4n) is 4.09. The molecule has 1 aliphatic heterocycles. The second kappa shape index (κ2) is 9.18. The van der Waals surface area contributed by atoms with Crippen molar-refractivity contribution in [3.8, 4) is 0 Å². The highest BCUT2D eigenvalue weighted by Gasteiger charge is 2.39. The average Bonchev–Trinajstić information content (AvgIpc) is 3.42. The van der Waals surface area contributed by atoms with Crippen LogP contribution in [0.15, 0.2) is 28.8 Å². The van der Waals surface area contributed by atoms with Gasteiger partial charge in [-0.3, -0.25) is 14.9 Å². The molecule has 2 N–H and O–H groups in total. The Bertz CT molecular complexity index is 904. The largest absolute Gasteiger partial charge is 0.340 e. The van der Waals surface area contributed by atoms with E-state index in [0.717, 1.165) is 50.3 Å². The van der Waals surface area contributed by atoms with Gasteiger partial charge in [-0.05, 0) is 31.0 Å². The summed E-state index contributed by atoms with van der Waals surface area (Å²) in [4.78, 5) is 31.6.